The first-order chi connectivity index (χ1) is 11.5. The van der Waals surface area contributed by atoms with Gasteiger partial charge in [0.25, 0.3) is 11.6 Å². The molecule has 0 unspecified atom stereocenters. The largest absolute Gasteiger partial charge is 0.368 e. The molecule has 1 aromatic carbocycles. The van der Waals surface area contributed by atoms with Gasteiger partial charge in [0, 0.05) is 55.8 Å². The highest BCUT2D eigenvalue weighted by molar-refractivity contribution is 6.29. The van der Waals surface area contributed by atoms with E-state index in [4.69, 9.17) is 11.6 Å². The monoisotopic (exact) mass is 346 g/mol. The molecule has 3 rings (SSSR count). The summed E-state index contributed by atoms with van der Waals surface area (Å²) in [6.07, 6.45) is 1.52. The van der Waals surface area contributed by atoms with Crippen LogP contribution in [0, 0.1) is 10.1 Å². The van der Waals surface area contributed by atoms with Crippen molar-refractivity contribution in [3.8, 4) is 0 Å². The summed E-state index contributed by atoms with van der Waals surface area (Å²) in [6.45, 7) is 2.50. The normalized spacial score (nSPS) is 14.5. The number of hydrogen-bond donors (Lipinski definition) is 0. The van der Waals surface area contributed by atoms with Crippen LogP contribution in [0.3, 0.4) is 0 Å². The third-order valence-corrected chi connectivity index (χ3v) is 4.17. The van der Waals surface area contributed by atoms with E-state index in [9.17, 15) is 14.9 Å². The maximum absolute atomic E-state index is 12.5. The summed E-state index contributed by atoms with van der Waals surface area (Å²) in [5.41, 5.74) is 1.51. The van der Waals surface area contributed by atoms with E-state index in [0.717, 1.165) is 5.69 Å². The maximum atomic E-state index is 12.5. The van der Waals surface area contributed by atoms with Crippen molar-refractivity contribution in [3.63, 3.8) is 0 Å². The van der Waals surface area contributed by atoms with Crippen molar-refractivity contribution in [1.82, 2.24) is 9.88 Å². The highest BCUT2D eigenvalue weighted by Crippen LogP contribution is 2.21. The molecule has 0 N–H and O–H groups in total. The van der Waals surface area contributed by atoms with Crippen LogP contribution in [0.2, 0.25) is 5.15 Å². The van der Waals surface area contributed by atoms with Crippen LogP contribution in [0.4, 0.5) is 11.4 Å². The molecule has 0 bridgehead atoms. The van der Waals surface area contributed by atoms with E-state index in [2.05, 4.69) is 9.88 Å². The van der Waals surface area contributed by atoms with Gasteiger partial charge < -0.3 is 9.80 Å². The lowest BCUT2D eigenvalue weighted by molar-refractivity contribution is -0.384. The number of benzene rings is 1. The standard InChI is InChI=1S/C16H15ClN4O3/c17-15-11-12(5-6-18-15)16(22)20-9-7-19(8-10-20)13-1-3-14(4-2-13)21(23)24/h1-6,11H,7-10H2. The molecular weight excluding hydrogens is 332 g/mol. The van der Waals surface area contributed by atoms with Crippen LogP contribution >= 0.6 is 11.6 Å². The van der Waals surface area contributed by atoms with E-state index in [1.165, 1.54) is 18.3 Å². The smallest absolute Gasteiger partial charge is 0.269 e. The van der Waals surface area contributed by atoms with Crippen molar-refractivity contribution in [1.29, 1.82) is 0 Å². The minimum atomic E-state index is -0.416. The molecule has 124 valence electrons. The van der Waals surface area contributed by atoms with Gasteiger partial charge in [-0.2, -0.15) is 0 Å². The molecule has 0 saturated carbocycles. The molecule has 1 aliphatic rings. The molecule has 2 aromatic rings. The average Bonchev–Trinajstić information content (AvgIpc) is 2.61. The van der Waals surface area contributed by atoms with Gasteiger partial charge >= 0.3 is 0 Å². The zero-order valence-corrected chi connectivity index (χ0v) is 13.5. The predicted octanol–water partition coefficient (Wildman–Crippen LogP) is 2.61. The number of aromatic nitrogens is 1. The molecule has 0 atom stereocenters. The van der Waals surface area contributed by atoms with Gasteiger partial charge in [0.2, 0.25) is 0 Å². The number of rotatable bonds is 3. The second-order valence-electron chi connectivity index (χ2n) is 5.42. The minimum Gasteiger partial charge on any atom is -0.368 e. The Kier molecular flexibility index (Phi) is 4.61. The van der Waals surface area contributed by atoms with Gasteiger partial charge in [-0.05, 0) is 24.3 Å². The first-order valence-electron chi connectivity index (χ1n) is 7.45. The molecule has 2 heterocycles. The van der Waals surface area contributed by atoms with Crippen molar-refractivity contribution in [2.75, 3.05) is 31.1 Å². The van der Waals surface area contributed by atoms with Gasteiger partial charge in [-0.1, -0.05) is 11.6 Å². The predicted molar refractivity (Wildman–Crippen MR) is 90.5 cm³/mol. The number of nitrogens with zero attached hydrogens (tertiary/aromatic N) is 4. The van der Waals surface area contributed by atoms with Crippen LogP contribution in [0.1, 0.15) is 10.4 Å². The molecule has 8 heteroatoms. The number of carbonyl (C=O) groups is 1. The average molecular weight is 347 g/mol. The fourth-order valence-corrected chi connectivity index (χ4v) is 2.84. The lowest BCUT2D eigenvalue weighted by Gasteiger charge is -2.36. The van der Waals surface area contributed by atoms with Crippen molar-refractivity contribution in [2.24, 2.45) is 0 Å². The Morgan fingerprint density at radius 3 is 2.38 bits per heavy atom. The Hall–Kier alpha value is -2.67. The van der Waals surface area contributed by atoms with Crippen LogP contribution in [0.25, 0.3) is 0 Å². The Labute approximate surface area is 143 Å². The lowest BCUT2D eigenvalue weighted by Crippen LogP contribution is -2.48. The molecule has 1 fully saturated rings. The number of nitro groups is 1. The fraction of sp³-hybridized carbons (Fsp3) is 0.250. The SMILES string of the molecule is O=C(c1ccnc(Cl)c1)N1CCN(c2ccc([N+](=O)[O-])cc2)CC1. The van der Waals surface area contributed by atoms with Crippen molar-refractivity contribution >= 4 is 28.9 Å². The van der Waals surface area contributed by atoms with Crippen LogP contribution in [0.5, 0.6) is 0 Å². The number of amides is 1. The Bertz CT molecular complexity index is 758. The number of hydrogen-bond acceptors (Lipinski definition) is 5. The summed E-state index contributed by atoms with van der Waals surface area (Å²) in [4.78, 5) is 30.5. The van der Waals surface area contributed by atoms with Gasteiger partial charge in [0.05, 0.1) is 4.92 Å². The second kappa shape index (κ2) is 6.84. The number of halogens is 1. The number of pyridine rings is 1. The molecular formula is C16H15ClN4O3. The van der Waals surface area contributed by atoms with Gasteiger partial charge in [-0.3, -0.25) is 14.9 Å². The summed E-state index contributed by atoms with van der Waals surface area (Å²) >= 11 is 5.83. The summed E-state index contributed by atoms with van der Waals surface area (Å²) in [5.74, 6) is -0.0670. The zero-order valence-electron chi connectivity index (χ0n) is 12.8. The van der Waals surface area contributed by atoms with Crippen LogP contribution in [-0.4, -0.2) is 46.9 Å². The Morgan fingerprint density at radius 1 is 1.12 bits per heavy atom. The number of piperazine rings is 1. The van der Waals surface area contributed by atoms with Crippen LogP contribution in [0.15, 0.2) is 42.6 Å². The van der Waals surface area contributed by atoms with E-state index in [0.29, 0.717) is 36.9 Å². The van der Waals surface area contributed by atoms with E-state index >= 15 is 0 Å². The Morgan fingerprint density at radius 2 is 1.79 bits per heavy atom. The first kappa shape index (κ1) is 16.2. The quantitative estimate of drug-likeness (QED) is 0.485. The van der Waals surface area contributed by atoms with Gasteiger partial charge in [-0.25, -0.2) is 4.98 Å². The third-order valence-electron chi connectivity index (χ3n) is 3.97. The summed E-state index contributed by atoms with van der Waals surface area (Å²) in [5, 5.41) is 11.0. The van der Waals surface area contributed by atoms with E-state index in [1.807, 2.05) is 0 Å². The minimum absolute atomic E-state index is 0.0670. The molecule has 24 heavy (non-hydrogen) atoms. The number of non-ortho nitro benzene ring substituents is 1. The summed E-state index contributed by atoms with van der Waals surface area (Å²) < 4.78 is 0. The van der Waals surface area contributed by atoms with E-state index < -0.39 is 4.92 Å². The van der Waals surface area contributed by atoms with Gasteiger partial charge in [-0.15, -0.1) is 0 Å². The van der Waals surface area contributed by atoms with E-state index in [1.54, 1.807) is 29.2 Å². The highest BCUT2D eigenvalue weighted by atomic mass is 35.5. The van der Waals surface area contributed by atoms with Crippen molar-refractivity contribution in [3.05, 3.63) is 63.4 Å². The second-order valence-corrected chi connectivity index (χ2v) is 5.81. The topological polar surface area (TPSA) is 79.6 Å². The summed E-state index contributed by atoms with van der Waals surface area (Å²) in [6, 6.07) is 9.66. The zero-order chi connectivity index (χ0) is 17.1. The molecule has 1 aromatic heterocycles. The van der Waals surface area contributed by atoms with Crippen LogP contribution in [-0.2, 0) is 0 Å². The van der Waals surface area contributed by atoms with Gasteiger partial charge in [0.1, 0.15) is 5.15 Å². The first-order valence-corrected chi connectivity index (χ1v) is 7.82. The van der Waals surface area contributed by atoms with Crippen molar-refractivity contribution in [2.45, 2.75) is 0 Å². The third kappa shape index (κ3) is 3.46. The Balaban J connectivity index is 1.63. The molecule has 1 amide bonds. The molecule has 0 radical (unpaired) electrons. The summed E-state index contributed by atoms with van der Waals surface area (Å²) in [7, 11) is 0. The molecule has 1 aliphatic heterocycles. The lowest BCUT2D eigenvalue weighted by atomic mass is 10.2. The fourth-order valence-electron chi connectivity index (χ4n) is 2.67. The van der Waals surface area contributed by atoms with Crippen molar-refractivity contribution < 1.29 is 9.72 Å². The molecule has 7 nitrogen and oxygen atoms in total. The number of carbonyl (C=O) groups excluding carboxylic acids is 1. The number of nitro benzene ring substituents is 1. The highest BCUT2D eigenvalue weighted by Gasteiger charge is 2.22. The van der Waals surface area contributed by atoms with E-state index in [-0.39, 0.29) is 11.6 Å². The van der Waals surface area contributed by atoms with Gasteiger partial charge in [0.15, 0.2) is 0 Å². The molecule has 0 spiro atoms. The number of anilines is 1. The molecule has 1 saturated heterocycles. The molecule has 0 aliphatic carbocycles. The van der Waals surface area contributed by atoms with Crippen LogP contribution < -0.4 is 4.90 Å². The maximum Gasteiger partial charge on any atom is 0.269 e.